The Hall–Kier alpha value is -3.98. The van der Waals surface area contributed by atoms with Gasteiger partial charge in [-0.25, -0.2) is 24.7 Å². The number of piperidine rings is 1. The fourth-order valence-electron chi connectivity index (χ4n) is 5.43. The van der Waals surface area contributed by atoms with Crippen LogP contribution in [0.3, 0.4) is 0 Å². The summed E-state index contributed by atoms with van der Waals surface area (Å²) in [4.78, 5) is 75.1. The highest BCUT2D eigenvalue weighted by Gasteiger charge is 2.51. The normalized spacial score (nSPS) is 25.8. The number of rotatable bonds is 9. The number of imide groups is 1. The Morgan fingerprint density at radius 1 is 1.20 bits per heavy atom. The number of amides is 4. The number of methoxy groups -OCH3 is 1. The fraction of sp³-hybridized carbons (Fsp3) is 0.520. The SMILES string of the molecule is COCC(=O)CN1C(=O)C2C(N=CN2[C@@H](C)C(=O)Nc2csc(-c3cnc(N4CC5CC5C4)nc3)n2)N(C)C1=O. The summed E-state index contributed by atoms with van der Waals surface area (Å²) < 4.78 is 4.82. The topological polar surface area (TPSA) is 154 Å². The van der Waals surface area contributed by atoms with Crippen molar-refractivity contribution >= 4 is 53.1 Å². The lowest BCUT2D eigenvalue weighted by Crippen LogP contribution is -2.66. The van der Waals surface area contributed by atoms with Crippen molar-refractivity contribution in [3.63, 3.8) is 0 Å². The van der Waals surface area contributed by atoms with Crippen molar-refractivity contribution in [2.75, 3.05) is 50.6 Å². The zero-order chi connectivity index (χ0) is 28.1. The number of urea groups is 1. The number of ketones is 1. The molecule has 3 fully saturated rings. The van der Waals surface area contributed by atoms with Crippen molar-refractivity contribution in [2.45, 2.75) is 31.6 Å². The molecule has 1 N–H and O–H groups in total. The smallest absolute Gasteiger partial charge is 0.328 e. The molecule has 3 aliphatic heterocycles. The van der Waals surface area contributed by atoms with Crippen molar-refractivity contribution in [1.82, 2.24) is 29.7 Å². The lowest BCUT2D eigenvalue weighted by atomic mass is 10.1. The molecule has 14 nitrogen and oxygen atoms in total. The second kappa shape index (κ2) is 10.2. The molecule has 5 heterocycles. The van der Waals surface area contributed by atoms with E-state index < -0.39 is 48.4 Å². The highest BCUT2D eigenvalue weighted by molar-refractivity contribution is 7.13. The van der Waals surface area contributed by atoms with Gasteiger partial charge in [0, 0.05) is 50.6 Å². The first-order valence-electron chi connectivity index (χ1n) is 13.0. The van der Waals surface area contributed by atoms with Crippen LogP contribution in [0.4, 0.5) is 16.6 Å². The van der Waals surface area contributed by atoms with Crippen LogP contribution in [0.1, 0.15) is 13.3 Å². The maximum absolute atomic E-state index is 13.3. The fourth-order valence-corrected chi connectivity index (χ4v) is 6.16. The van der Waals surface area contributed by atoms with Crippen molar-refractivity contribution in [1.29, 1.82) is 0 Å². The van der Waals surface area contributed by atoms with Gasteiger partial charge in [0.05, 0.1) is 12.9 Å². The molecule has 2 saturated heterocycles. The van der Waals surface area contributed by atoms with Gasteiger partial charge in [-0.05, 0) is 25.2 Å². The first-order valence-corrected chi connectivity index (χ1v) is 13.9. The van der Waals surface area contributed by atoms with E-state index in [9.17, 15) is 19.2 Å². The van der Waals surface area contributed by atoms with Crippen LogP contribution in [0, 0.1) is 11.8 Å². The summed E-state index contributed by atoms with van der Waals surface area (Å²) in [5.41, 5.74) is 0.754. The zero-order valence-corrected chi connectivity index (χ0v) is 23.1. The van der Waals surface area contributed by atoms with Gasteiger partial charge in [0.15, 0.2) is 18.0 Å². The molecule has 0 aromatic carbocycles. The minimum atomic E-state index is -0.943. The number of carbonyl (C=O) groups excluding carboxylic acids is 4. The average Bonchev–Trinajstić information content (AvgIpc) is 3.33. The zero-order valence-electron chi connectivity index (χ0n) is 22.3. The van der Waals surface area contributed by atoms with E-state index in [-0.39, 0.29) is 6.61 Å². The number of aromatic nitrogens is 3. The minimum Gasteiger partial charge on any atom is -0.377 e. The number of nitrogens with one attached hydrogen (secondary N) is 1. The second-order valence-electron chi connectivity index (χ2n) is 10.5. The maximum Gasteiger partial charge on any atom is 0.328 e. The van der Waals surface area contributed by atoms with E-state index >= 15 is 0 Å². The van der Waals surface area contributed by atoms with Crippen molar-refractivity contribution in [3.05, 3.63) is 17.8 Å². The van der Waals surface area contributed by atoms with Crippen LogP contribution in [0.5, 0.6) is 0 Å². The number of likely N-dealkylation sites (N-methyl/N-ethyl adjacent to an activating group) is 1. The molecule has 210 valence electrons. The Morgan fingerprint density at radius 3 is 2.62 bits per heavy atom. The van der Waals surface area contributed by atoms with Crippen LogP contribution < -0.4 is 10.2 Å². The molecule has 1 aliphatic carbocycles. The summed E-state index contributed by atoms with van der Waals surface area (Å²) in [6.45, 7) is 3.02. The average molecular weight is 568 g/mol. The van der Waals surface area contributed by atoms with Crippen LogP contribution >= 0.6 is 11.3 Å². The molecule has 0 bridgehead atoms. The Morgan fingerprint density at radius 2 is 1.93 bits per heavy atom. The summed E-state index contributed by atoms with van der Waals surface area (Å²) in [7, 11) is 2.87. The van der Waals surface area contributed by atoms with Crippen molar-refractivity contribution < 1.29 is 23.9 Å². The number of fused-ring (bicyclic) bond motifs is 2. The molecule has 4 unspecified atom stereocenters. The Kier molecular flexibility index (Phi) is 6.70. The van der Waals surface area contributed by atoms with Gasteiger partial charge in [-0.2, -0.15) is 0 Å². The van der Waals surface area contributed by atoms with Gasteiger partial charge in [0.1, 0.15) is 23.5 Å². The van der Waals surface area contributed by atoms with E-state index in [0.29, 0.717) is 10.8 Å². The van der Waals surface area contributed by atoms with Crippen LogP contribution in [0.25, 0.3) is 10.6 Å². The molecule has 15 heteroatoms. The number of Topliss-reactive ketones (excluding diaryl/α,β-unsaturated/α-hetero) is 1. The molecular weight excluding hydrogens is 538 g/mol. The number of carbonyl (C=O) groups is 4. The maximum atomic E-state index is 13.3. The summed E-state index contributed by atoms with van der Waals surface area (Å²) in [5.74, 6) is 1.25. The van der Waals surface area contributed by atoms with E-state index in [4.69, 9.17) is 4.74 Å². The van der Waals surface area contributed by atoms with Crippen LogP contribution in [-0.4, -0.2) is 118 Å². The predicted octanol–water partition coefficient (Wildman–Crippen LogP) is 0.531. The largest absolute Gasteiger partial charge is 0.377 e. The number of hydrogen-bond acceptors (Lipinski definition) is 12. The van der Waals surface area contributed by atoms with E-state index in [2.05, 4.69) is 30.2 Å². The number of hydrogen-bond donors (Lipinski definition) is 1. The lowest BCUT2D eigenvalue weighted by Gasteiger charge is -2.41. The molecule has 4 amide bonds. The number of thiazole rings is 1. The van der Waals surface area contributed by atoms with Crippen molar-refractivity contribution in [2.24, 2.45) is 16.8 Å². The van der Waals surface area contributed by atoms with E-state index in [1.807, 2.05) is 0 Å². The molecule has 1 saturated carbocycles. The number of ether oxygens (including phenoxy) is 1. The number of anilines is 2. The Labute approximate surface area is 234 Å². The van der Waals surface area contributed by atoms with Gasteiger partial charge in [0.2, 0.25) is 11.9 Å². The van der Waals surface area contributed by atoms with Gasteiger partial charge in [-0.1, -0.05) is 0 Å². The second-order valence-corrected chi connectivity index (χ2v) is 11.4. The van der Waals surface area contributed by atoms with Crippen LogP contribution in [0.2, 0.25) is 0 Å². The summed E-state index contributed by atoms with van der Waals surface area (Å²) >= 11 is 1.36. The van der Waals surface area contributed by atoms with Gasteiger partial charge < -0.3 is 24.8 Å². The molecule has 0 radical (unpaired) electrons. The van der Waals surface area contributed by atoms with Gasteiger partial charge in [0.25, 0.3) is 5.91 Å². The highest BCUT2D eigenvalue weighted by atomic mass is 32.1. The first kappa shape index (κ1) is 26.3. The Bertz CT molecular complexity index is 1370. The molecule has 2 aromatic rings. The number of aliphatic imine (C=N–C) groups is 1. The molecular formula is C25H29N9O5S. The van der Waals surface area contributed by atoms with Gasteiger partial charge >= 0.3 is 6.03 Å². The first-order chi connectivity index (χ1) is 19.2. The monoisotopic (exact) mass is 567 g/mol. The standard InChI is InChI=1S/C25H29N9O5S/c1-13(34-12-28-20-19(34)23(37)33(25(38)31(20)2)9-17(35)10-39-3)21(36)29-18-11-40-22(30-18)16-5-26-24(27-6-16)32-7-14-4-15(14)8-32/h5-6,11-15,19-20H,4,7-10H2,1-3H3,(H,29,36)/t13-,14?,15?,19?,20?/m0/s1. The van der Waals surface area contributed by atoms with Crippen LogP contribution in [-0.2, 0) is 19.1 Å². The number of nitrogens with zero attached hydrogens (tertiary/aromatic N) is 8. The predicted molar refractivity (Wildman–Crippen MR) is 145 cm³/mol. The third-order valence-corrected chi connectivity index (χ3v) is 8.66. The van der Waals surface area contributed by atoms with E-state index in [0.717, 1.165) is 41.3 Å². The lowest BCUT2D eigenvalue weighted by molar-refractivity contribution is -0.142. The summed E-state index contributed by atoms with van der Waals surface area (Å²) in [6, 6.07) is -2.39. The molecule has 5 atom stereocenters. The molecule has 4 aliphatic rings. The third kappa shape index (κ3) is 4.68. The third-order valence-electron chi connectivity index (χ3n) is 7.77. The quantitative estimate of drug-likeness (QED) is 0.454. The van der Waals surface area contributed by atoms with Crippen LogP contribution in [0.15, 0.2) is 22.8 Å². The van der Waals surface area contributed by atoms with E-state index in [1.54, 1.807) is 24.7 Å². The van der Waals surface area contributed by atoms with Crippen molar-refractivity contribution in [3.8, 4) is 10.6 Å². The van der Waals surface area contributed by atoms with E-state index in [1.165, 1.54) is 48.1 Å². The summed E-state index contributed by atoms with van der Waals surface area (Å²) in [6.07, 6.45) is 5.40. The van der Waals surface area contributed by atoms with Gasteiger partial charge in [-0.3, -0.25) is 19.3 Å². The molecule has 6 rings (SSSR count). The summed E-state index contributed by atoms with van der Waals surface area (Å²) in [5, 5.41) is 5.19. The Balaban J connectivity index is 1.10. The molecule has 2 aromatic heterocycles. The molecule has 0 spiro atoms. The molecule has 40 heavy (non-hydrogen) atoms. The highest BCUT2D eigenvalue weighted by Crippen LogP contribution is 2.45. The van der Waals surface area contributed by atoms with Gasteiger partial charge in [-0.15, -0.1) is 11.3 Å². The minimum absolute atomic E-state index is 0.223.